The highest BCUT2D eigenvalue weighted by Gasteiger charge is 2.44. The van der Waals surface area contributed by atoms with Gasteiger partial charge in [0.2, 0.25) is 5.78 Å². The fourth-order valence-corrected chi connectivity index (χ4v) is 3.69. The lowest BCUT2D eigenvalue weighted by Crippen LogP contribution is -3.06. The van der Waals surface area contributed by atoms with Gasteiger partial charge >= 0.3 is 0 Å². The van der Waals surface area contributed by atoms with Crippen LogP contribution in [0.5, 0.6) is 0 Å². The number of hydrogen-bond acceptors (Lipinski definition) is 5. The van der Waals surface area contributed by atoms with Crippen molar-refractivity contribution in [2.24, 2.45) is 0 Å². The van der Waals surface area contributed by atoms with Gasteiger partial charge < -0.3 is 14.9 Å². The SMILES string of the molecule is C[NH+](C)CCN1C(=O)C(=O)C(=C([O-])c2ccncc2)C1c1cccs1. The average Bonchev–Trinajstić information content (AvgIpc) is 3.21. The number of quaternary nitrogens is 1. The number of ketones is 1. The van der Waals surface area contributed by atoms with E-state index in [9.17, 15) is 14.7 Å². The maximum atomic E-state index is 12.9. The van der Waals surface area contributed by atoms with Gasteiger partial charge in [-0.15, -0.1) is 11.3 Å². The number of carbonyl (C=O) groups excluding carboxylic acids is 2. The monoisotopic (exact) mass is 357 g/mol. The number of carbonyl (C=O) groups is 2. The molecule has 0 aliphatic carbocycles. The van der Waals surface area contributed by atoms with Crippen LogP contribution in [0.1, 0.15) is 16.5 Å². The molecular formula is C18H19N3O3S. The zero-order valence-electron chi connectivity index (χ0n) is 14.1. The molecule has 1 atom stereocenters. The van der Waals surface area contributed by atoms with Crippen molar-refractivity contribution >= 4 is 28.8 Å². The summed E-state index contributed by atoms with van der Waals surface area (Å²) < 4.78 is 0. The van der Waals surface area contributed by atoms with Gasteiger partial charge in [-0.25, -0.2) is 0 Å². The molecule has 1 unspecified atom stereocenters. The van der Waals surface area contributed by atoms with Crippen LogP contribution in [0.2, 0.25) is 0 Å². The lowest BCUT2D eigenvalue weighted by Gasteiger charge is -2.26. The first kappa shape index (κ1) is 17.3. The largest absolute Gasteiger partial charge is 0.872 e. The number of nitrogens with one attached hydrogen (secondary N) is 1. The number of hydrogen-bond donors (Lipinski definition) is 1. The molecule has 1 aliphatic heterocycles. The van der Waals surface area contributed by atoms with E-state index in [4.69, 9.17) is 0 Å². The Morgan fingerprint density at radius 1 is 1.28 bits per heavy atom. The lowest BCUT2D eigenvalue weighted by molar-refractivity contribution is -0.857. The molecule has 130 valence electrons. The Balaban J connectivity index is 2.09. The Morgan fingerprint density at radius 2 is 2.00 bits per heavy atom. The predicted molar refractivity (Wildman–Crippen MR) is 92.6 cm³/mol. The molecule has 6 nitrogen and oxygen atoms in total. The molecular weight excluding hydrogens is 338 g/mol. The molecule has 2 aromatic rings. The first-order chi connectivity index (χ1) is 12.0. The molecule has 0 aromatic carbocycles. The maximum absolute atomic E-state index is 12.9. The molecule has 1 aliphatic rings. The number of likely N-dealkylation sites (N-methyl/N-ethyl adjacent to an activating group) is 1. The van der Waals surface area contributed by atoms with E-state index in [1.165, 1.54) is 33.5 Å². The van der Waals surface area contributed by atoms with E-state index in [1.54, 1.807) is 12.1 Å². The summed E-state index contributed by atoms with van der Waals surface area (Å²) in [4.78, 5) is 32.6. The van der Waals surface area contributed by atoms with Crippen LogP contribution < -0.4 is 10.0 Å². The lowest BCUT2D eigenvalue weighted by atomic mass is 10.0. The molecule has 0 spiro atoms. The Morgan fingerprint density at radius 3 is 2.60 bits per heavy atom. The van der Waals surface area contributed by atoms with Crippen molar-refractivity contribution in [3.8, 4) is 0 Å². The fourth-order valence-electron chi connectivity index (χ4n) is 2.85. The number of aromatic nitrogens is 1. The van der Waals surface area contributed by atoms with Gasteiger partial charge in [0.1, 0.15) is 0 Å². The molecule has 3 heterocycles. The Hall–Kier alpha value is -2.51. The second-order valence-corrected chi connectivity index (χ2v) is 7.16. The van der Waals surface area contributed by atoms with Crippen LogP contribution in [0.25, 0.3) is 5.76 Å². The molecule has 0 bridgehead atoms. The van der Waals surface area contributed by atoms with Gasteiger partial charge in [-0.2, -0.15) is 0 Å². The van der Waals surface area contributed by atoms with E-state index in [0.717, 1.165) is 4.88 Å². The quantitative estimate of drug-likeness (QED) is 0.445. The normalized spacial score (nSPS) is 19.8. The fraction of sp³-hybridized carbons (Fsp3) is 0.278. The highest BCUT2D eigenvalue weighted by atomic mass is 32.1. The van der Waals surface area contributed by atoms with Gasteiger partial charge in [-0.05, 0) is 29.1 Å². The Kier molecular flexibility index (Phi) is 4.96. The van der Waals surface area contributed by atoms with E-state index in [0.29, 0.717) is 18.7 Å². The Labute approximate surface area is 150 Å². The number of amides is 1. The molecule has 1 fully saturated rings. The summed E-state index contributed by atoms with van der Waals surface area (Å²) in [5, 5.41) is 14.8. The Bertz CT molecular complexity index is 800. The molecule has 7 heteroatoms. The first-order valence-electron chi connectivity index (χ1n) is 8.00. The van der Waals surface area contributed by atoms with Crippen LogP contribution >= 0.6 is 11.3 Å². The number of Topliss-reactive ketones (excluding diaryl/α,β-unsaturated/α-hetero) is 1. The molecule has 1 amide bonds. The van der Waals surface area contributed by atoms with Crippen LogP contribution in [-0.2, 0) is 9.59 Å². The van der Waals surface area contributed by atoms with Gasteiger partial charge in [0.15, 0.2) is 0 Å². The highest BCUT2D eigenvalue weighted by molar-refractivity contribution is 7.10. The van der Waals surface area contributed by atoms with Crippen molar-refractivity contribution in [1.82, 2.24) is 9.88 Å². The van der Waals surface area contributed by atoms with Crippen molar-refractivity contribution in [1.29, 1.82) is 0 Å². The summed E-state index contributed by atoms with van der Waals surface area (Å²) >= 11 is 1.44. The second-order valence-electron chi connectivity index (χ2n) is 6.18. The molecule has 25 heavy (non-hydrogen) atoms. The summed E-state index contributed by atoms with van der Waals surface area (Å²) in [7, 11) is 3.96. The summed E-state index contributed by atoms with van der Waals surface area (Å²) in [6.45, 7) is 1.11. The van der Waals surface area contributed by atoms with Crippen LogP contribution in [0.3, 0.4) is 0 Å². The standard InChI is InChI=1S/C18H19N3O3S/c1-20(2)9-10-21-15(13-4-3-11-25-13)14(17(23)18(21)24)16(22)12-5-7-19-8-6-12/h3-8,11,15,22H,9-10H2,1-2H3. The second kappa shape index (κ2) is 7.16. The molecule has 1 N–H and O–H groups in total. The first-order valence-corrected chi connectivity index (χ1v) is 8.88. The van der Waals surface area contributed by atoms with Gasteiger partial charge in [-0.3, -0.25) is 14.6 Å². The van der Waals surface area contributed by atoms with E-state index < -0.39 is 23.5 Å². The number of thiophene rings is 1. The molecule has 2 aromatic heterocycles. The van der Waals surface area contributed by atoms with E-state index in [1.807, 2.05) is 31.6 Å². The number of pyridine rings is 1. The third-order valence-corrected chi connectivity index (χ3v) is 5.06. The van der Waals surface area contributed by atoms with Crippen molar-refractivity contribution in [2.75, 3.05) is 27.2 Å². The van der Waals surface area contributed by atoms with Gasteiger partial charge in [0.05, 0.1) is 33.2 Å². The summed E-state index contributed by atoms with van der Waals surface area (Å²) in [5.74, 6) is -1.70. The minimum atomic E-state index is -0.700. The maximum Gasteiger partial charge on any atom is 0.295 e. The van der Waals surface area contributed by atoms with Crippen molar-refractivity contribution < 1.29 is 19.6 Å². The third kappa shape index (κ3) is 3.33. The van der Waals surface area contributed by atoms with E-state index in [2.05, 4.69) is 4.98 Å². The minimum Gasteiger partial charge on any atom is -0.872 e. The van der Waals surface area contributed by atoms with E-state index in [-0.39, 0.29) is 5.57 Å². The van der Waals surface area contributed by atoms with Gasteiger partial charge in [0, 0.05) is 22.8 Å². The minimum absolute atomic E-state index is 0.0346. The molecule has 3 rings (SSSR count). The van der Waals surface area contributed by atoms with Gasteiger partial charge in [-0.1, -0.05) is 11.8 Å². The molecule has 0 radical (unpaired) electrons. The van der Waals surface area contributed by atoms with Crippen molar-refractivity contribution in [3.63, 3.8) is 0 Å². The van der Waals surface area contributed by atoms with E-state index >= 15 is 0 Å². The third-order valence-electron chi connectivity index (χ3n) is 4.14. The van der Waals surface area contributed by atoms with Crippen LogP contribution in [-0.4, -0.2) is 48.8 Å². The zero-order valence-corrected chi connectivity index (χ0v) is 14.9. The van der Waals surface area contributed by atoms with Crippen molar-refractivity contribution in [2.45, 2.75) is 6.04 Å². The average molecular weight is 357 g/mol. The number of nitrogens with zero attached hydrogens (tertiary/aromatic N) is 2. The smallest absolute Gasteiger partial charge is 0.295 e. The van der Waals surface area contributed by atoms with Crippen LogP contribution in [0, 0.1) is 0 Å². The topological polar surface area (TPSA) is 77.8 Å². The summed E-state index contributed by atoms with van der Waals surface area (Å²) in [6, 6.07) is 6.23. The summed E-state index contributed by atoms with van der Waals surface area (Å²) in [5.41, 5.74) is 0.403. The number of likely N-dealkylation sites (tertiary alicyclic amines) is 1. The number of rotatable bonds is 5. The molecule has 0 saturated carbocycles. The van der Waals surface area contributed by atoms with Crippen molar-refractivity contribution in [3.05, 3.63) is 58.1 Å². The zero-order chi connectivity index (χ0) is 18.0. The predicted octanol–water partition coefficient (Wildman–Crippen LogP) is -0.488. The van der Waals surface area contributed by atoms with Crippen LogP contribution in [0.15, 0.2) is 47.6 Å². The van der Waals surface area contributed by atoms with Gasteiger partial charge in [0.25, 0.3) is 5.91 Å². The summed E-state index contributed by atoms with van der Waals surface area (Å²) in [6.07, 6.45) is 3.00. The highest BCUT2D eigenvalue weighted by Crippen LogP contribution is 2.39. The van der Waals surface area contributed by atoms with Crippen LogP contribution in [0.4, 0.5) is 0 Å². The molecule has 1 saturated heterocycles.